The van der Waals surface area contributed by atoms with Crippen LogP contribution < -0.4 is 10.1 Å². The number of hydrogen-bond donors (Lipinski definition) is 2. The molecule has 0 fully saturated rings. The van der Waals surface area contributed by atoms with E-state index < -0.39 is 17.7 Å². The van der Waals surface area contributed by atoms with E-state index in [2.05, 4.69) is 5.32 Å². The van der Waals surface area contributed by atoms with Gasteiger partial charge in [-0.05, 0) is 39.0 Å². The van der Waals surface area contributed by atoms with Crippen LogP contribution in [0.15, 0.2) is 18.2 Å². The van der Waals surface area contributed by atoms with Crippen LogP contribution in [0.1, 0.15) is 31.1 Å². The van der Waals surface area contributed by atoms with Crippen molar-refractivity contribution in [3.63, 3.8) is 0 Å². The fourth-order valence-electron chi connectivity index (χ4n) is 1.42. The van der Waals surface area contributed by atoms with Gasteiger partial charge in [0.15, 0.2) is 0 Å². The molecule has 0 saturated heterocycles. The van der Waals surface area contributed by atoms with Crippen molar-refractivity contribution in [2.75, 3.05) is 13.2 Å². The minimum absolute atomic E-state index is 0.0280. The molecule has 1 amide bonds. The van der Waals surface area contributed by atoms with E-state index in [4.69, 9.17) is 26.2 Å². The molecular formula is C14H18ClNO5. The number of ether oxygens (including phenoxy) is 2. The number of hydrogen-bond acceptors (Lipinski definition) is 4. The lowest BCUT2D eigenvalue weighted by Crippen LogP contribution is -2.34. The van der Waals surface area contributed by atoms with Crippen molar-refractivity contribution in [3.8, 4) is 5.75 Å². The van der Waals surface area contributed by atoms with Crippen molar-refractivity contribution < 1.29 is 24.2 Å². The first-order valence-electron chi connectivity index (χ1n) is 6.31. The summed E-state index contributed by atoms with van der Waals surface area (Å²) in [7, 11) is 0. The number of nitrogens with one attached hydrogen (secondary N) is 1. The number of rotatable bonds is 5. The van der Waals surface area contributed by atoms with Crippen molar-refractivity contribution in [1.29, 1.82) is 0 Å². The second-order valence-corrected chi connectivity index (χ2v) is 5.66. The summed E-state index contributed by atoms with van der Waals surface area (Å²) in [5.41, 5.74) is -0.600. The Bertz CT molecular complexity index is 525. The standard InChI is InChI=1S/C14H18ClNO5/c1-14(2,3)21-13(19)16-6-7-20-11-5-4-9(15)8-10(11)12(17)18/h4-5,8H,6-7H2,1-3H3,(H,16,19)(H,17,18). The predicted molar refractivity (Wildman–Crippen MR) is 78.1 cm³/mol. The largest absolute Gasteiger partial charge is 0.491 e. The number of carboxylic acids is 1. The Morgan fingerprint density at radius 3 is 2.57 bits per heavy atom. The molecule has 0 bridgehead atoms. The van der Waals surface area contributed by atoms with Gasteiger partial charge in [0, 0.05) is 5.02 Å². The lowest BCUT2D eigenvalue weighted by atomic mass is 10.2. The van der Waals surface area contributed by atoms with Crippen molar-refractivity contribution in [3.05, 3.63) is 28.8 Å². The van der Waals surface area contributed by atoms with Gasteiger partial charge in [-0.15, -0.1) is 0 Å². The van der Waals surface area contributed by atoms with E-state index in [1.165, 1.54) is 18.2 Å². The minimum Gasteiger partial charge on any atom is -0.491 e. The van der Waals surface area contributed by atoms with Gasteiger partial charge in [-0.3, -0.25) is 0 Å². The molecule has 0 aliphatic heterocycles. The van der Waals surface area contributed by atoms with Crippen molar-refractivity contribution in [2.24, 2.45) is 0 Å². The second kappa shape index (κ2) is 7.17. The van der Waals surface area contributed by atoms with Crippen LogP contribution in [0.25, 0.3) is 0 Å². The maximum atomic E-state index is 11.4. The number of carbonyl (C=O) groups is 2. The summed E-state index contributed by atoms with van der Waals surface area (Å²) in [4.78, 5) is 22.4. The topological polar surface area (TPSA) is 84.9 Å². The van der Waals surface area contributed by atoms with Crippen LogP contribution in [0.5, 0.6) is 5.75 Å². The third-order valence-corrected chi connectivity index (χ3v) is 2.43. The highest BCUT2D eigenvalue weighted by atomic mass is 35.5. The van der Waals surface area contributed by atoms with Crippen LogP contribution in [0, 0.1) is 0 Å². The maximum Gasteiger partial charge on any atom is 0.407 e. The van der Waals surface area contributed by atoms with Gasteiger partial charge in [0.1, 0.15) is 23.5 Å². The summed E-state index contributed by atoms with van der Waals surface area (Å²) in [6.07, 6.45) is -0.555. The molecule has 116 valence electrons. The maximum absolute atomic E-state index is 11.4. The van der Waals surface area contributed by atoms with Gasteiger partial charge in [0.25, 0.3) is 0 Å². The molecule has 7 heteroatoms. The molecule has 0 saturated carbocycles. The zero-order valence-electron chi connectivity index (χ0n) is 12.1. The molecule has 0 unspecified atom stereocenters. The Labute approximate surface area is 128 Å². The SMILES string of the molecule is CC(C)(C)OC(=O)NCCOc1ccc(Cl)cc1C(=O)O. The Hall–Kier alpha value is -1.95. The molecule has 0 radical (unpaired) electrons. The van der Waals surface area contributed by atoms with Crippen molar-refractivity contribution in [2.45, 2.75) is 26.4 Å². The molecule has 6 nitrogen and oxygen atoms in total. The average molecular weight is 316 g/mol. The molecular weight excluding hydrogens is 298 g/mol. The monoisotopic (exact) mass is 315 g/mol. The van der Waals surface area contributed by atoms with E-state index in [0.717, 1.165) is 0 Å². The van der Waals surface area contributed by atoms with Gasteiger partial charge < -0.3 is 19.9 Å². The number of amides is 1. The third kappa shape index (κ3) is 6.35. The third-order valence-electron chi connectivity index (χ3n) is 2.20. The van der Waals surface area contributed by atoms with Gasteiger partial charge in [0.2, 0.25) is 0 Å². The molecule has 21 heavy (non-hydrogen) atoms. The second-order valence-electron chi connectivity index (χ2n) is 5.22. The zero-order chi connectivity index (χ0) is 16.0. The van der Waals surface area contributed by atoms with Crippen LogP contribution in [0.4, 0.5) is 4.79 Å². The fourth-order valence-corrected chi connectivity index (χ4v) is 1.60. The Morgan fingerprint density at radius 1 is 1.33 bits per heavy atom. The summed E-state index contributed by atoms with van der Waals surface area (Å²) in [5.74, 6) is -0.939. The van der Waals surface area contributed by atoms with E-state index in [1.54, 1.807) is 20.8 Å². The molecule has 2 N–H and O–H groups in total. The van der Waals surface area contributed by atoms with E-state index in [0.29, 0.717) is 5.02 Å². The Balaban J connectivity index is 2.47. The molecule has 0 atom stereocenters. The van der Waals surface area contributed by atoms with E-state index in [9.17, 15) is 9.59 Å². The number of halogens is 1. The molecule has 1 aromatic rings. The van der Waals surface area contributed by atoms with Crippen LogP contribution in [0.2, 0.25) is 5.02 Å². The average Bonchev–Trinajstić information content (AvgIpc) is 2.33. The predicted octanol–water partition coefficient (Wildman–Crippen LogP) is 2.94. The van der Waals surface area contributed by atoms with Crippen molar-refractivity contribution in [1.82, 2.24) is 5.32 Å². The lowest BCUT2D eigenvalue weighted by molar-refractivity contribution is 0.0518. The van der Waals surface area contributed by atoms with Crippen LogP contribution in [-0.2, 0) is 4.74 Å². The first-order valence-corrected chi connectivity index (χ1v) is 6.69. The van der Waals surface area contributed by atoms with Crippen LogP contribution in [-0.4, -0.2) is 35.9 Å². The zero-order valence-corrected chi connectivity index (χ0v) is 12.9. The summed E-state index contributed by atoms with van der Waals surface area (Å²) in [6, 6.07) is 4.31. The number of aromatic carboxylic acids is 1. The molecule has 1 rings (SSSR count). The molecule has 1 aromatic carbocycles. The lowest BCUT2D eigenvalue weighted by Gasteiger charge is -2.19. The van der Waals surface area contributed by atoms with E-state index >= 15 is 0 Å². The van der Waals surface area contributed by atoms with Crippen molar-refractivity contribution >= 4 is 23.7 Å². The summed E-state index contributed by atoms with van der Waals surface area (Å²) in [6.45, 7) is 5.58. The Morgan fingerprint density at radius 2 is 2.00 bits per heavy atom. The quantitative estimate of drug-likeness (QED) is 0.816. The van der Waals surface area contributed by atoms with Crippen LogP contribution in [0.3, 0.4) is 0 Å². The first kappa shape index (κ1) is 17.1. The van der Waals surface area contributed by atoms with Gasteiger partial charge in [-0.25, -0.2) is 9.59 Å². The fraction of sp³-hybridized carbons (Fsp3) is 0.429. The van der Waals surface area contributed by atoms with Gasteiger partial charge in [0.05, 0.1) is 6.54 Å². The summed E-state index contributed by atoms with van der Waals surface area (Å²) in [5, 5.41) is 11.9. The molecule has 0 aromatic heterocycles. The number of alkyl carbamates (subject to hydrolysis) is 1. The minimum atomic E-state index is -1.13. The number of carbonyl (C=O) groups excluding carboxylic acids is 1. The highest BCUT2D eigenvalue weighted by Crippen LogP contribution is 2.22. The van der Waals surface area contributed by atoms with Gasteiger partial charge >= 0.3 is 12.1 Å². The molecule has 0 heterocycles. The summed E-state index contributed by atoms with van der Waals surface area (Å²) >= 11 is 5.73. The van der Waals surface area contributed by atoms with Gasteiger partial charge in [-0.2, -0.15) is 0 Å². The molecule has 0 aliphatic rings. The summed E-state index contributed by atoms with van der Waals surface area (Å²) < 4.78 is 10.4. The molecule has 0 spiro atoms. The van der Waals surface area contributed by atoms with E-state index in [1.807, 2.05) is 0 Å². The highest BCUT2D eigenvalue weighted by Gasteiger charge is 2.16. The number of carboxylic acid groups (broad SMARTS) is 1. The van der Waals surface area contributed by atoms with Crippen LogP contribution >= 0.6 is 11.6 Å². The smallest absolute Gasteiger partial charge is 0.407 e. The molecule has 0 aliphatic carbocycles. The first-order chi connectivity index (χ1) is 9.69. The number of benzene rings is 1. The normalized spacial score (nSPS) is 10.9. The Kier molecular flexibility index (Phi) is 5.84. The highest BCUT2D eigenvalue weighted by molar-refractivity contribution is 6.31. The van der Waals surface area contributed by atoms with Gasteiger partial charge in [-0.1, -0.05) is 11.6 Å². The van der Waals surface area contributed by atoms with E-state index in [-0.39, 0.29) is 24.5 Å².